The quantitative estimate of drug-likeness (QED) is 0.818. The Bertz CT molecular complexity index is 584. The van der Waals surface area contributed by atoms with E-state index in [0.717, 1.165) is 24.1 Å². The molecular weight excluding hydrogens is 318 g/mol. The highest BCUT2D eigenvalue weighted by molar-refractivity contribution is 5.92. The van der Waals surface area contributed by atoms with E-state index in [0.29, 0.717) is 38.4 Å². The predicted octanol–water partition coefficient (Wildman–Crippen LogP) is 3.98. The van der Waals surface area contributed by atoms with Crippen LogP contribution >= 0.6 is 0 Å². The van der Waals surface area contributed by atoms with Crippen LogP contribution < -0.4 is 5.32 Å². The van der Waals surface area contributed by atoms with Crippen molar-refractivity contribution in [1.82, 2.24) is 0 Å². The molecule has 5 heteroatoms. The fourth-order valence-corrected chi connectivity index (χ4v) is 3.80. The molecule has 136 valence electrons. The van der Waals surface area contributed by atoms with Crippen LogP contribution in [0.4, 0.5) is 5.69 Å². The predicted molar refractivity (Wildman–Crippen MR) is 95.2 cm³/mol. The number of aliphatic carboxylic acids is 1. The Hall–Kier alpha value is -1.88. The number of amides is 1. The van der Waals surface area contributed by atoms with Crippen LogP contribution in [0.3, 0.4) is 0 Å². The summed E-state index contributed by atoms with van der Waals surface area (Å²) in [5, 5.41) is 12.0. The second-order valence-electron chi connectivity index (χ2n) is 7.29. The lowest BCUT2D eigenvalue weighted by Gasteiger charge is -2.25. The number of anilines is 1. The number of carbonyl (C=O) groups is 2. The molecule has 1 aromatic rings. The smallest absolute Gasteiger partial charge is 0.306 e. The van der Waals surface area contributed by atoms with E-state index in [9.17, 15) is 9.59 Å². The van der Waals surface area contributed by atoms with Gasteiger partial charge in [0.1, 0.15) is 0 Å². The molecule has 2 saturated carbocycles. The number of nitrogens with one attached hydrogen (secondary N) is 1. The van der Waals surface area contributed by atoms with Gasteiger partial charge in [0.2, 0.25) is 5.91 Å². The van der Waals surface area contributed by atoms with Crippen LogP contribution in [-0.4, -0.2) is 23.1 Å². The maximum Gasteiger partial charge on any atom is 0.306 e. The van der Waals surface area contributed by atoms with Gasteiger partial charge in [-0.1, -0.05) is 25.0 Å². The molecule has 2 aliphatic carbocycles. The third-order valence-electron chi connectivity index (χ3n) is 5.46. The Labute approximate surface area is 148 Å². The zero-order chi connectivity index (χ0) is 17.6. The summed E-state index contributed by atoms with van der Waals surface area (Å²) in [7, 11) is 0. The molecule has 0 heterocycles. The molecule has 25 heavy (non-hydrogen) atoms. The van der Waals surface area contributed by atoms with Gasteiger partial charge in [-0.2, -0.15) is 0 Å². The number of hydrogen-bond donors (Lipinski definition) is 2. The summed E-state index contributed by atoms with van der Waals surface area (Å²) in [6.07, 6.45) is 7.74. The van der Waals surface area contributed by atoms with Gasteiger partial charge < -0.3 is 15.2 Å². The lowest BCUT2D eigenvalue weighted by atomic mass is 9.81. The zero-order valence-electron chi connectivity index (χ0n) is 14.6. The average molecular weight is 345 g/mol. The van der Waals surface area contributed by atoms with Gasteiger partial charge in [-0.05, 0) is 56.2 Å². The Balaban J connectivity index is 1.44. The van der Waals surface area contributed by atoms with Crippen LogP contribution in [0.2, 0.25) is 0 Å². The minimum absolute atomic E-state index is 0.00112. The van der Waals surface area contributed by atoms with E-state index >= 15 is 0 Å². The standard InChI is InChI=1S/C20H27NO4/c22-19(15-7-9-16(10-8-15)20(23)24)21-17-11-5-14(6-12-17)13-25-18-3-1-2-4-18/h5-6,11-12,15-16,18H,1-4,7-10,13H2,(H,21,22)(H,23,24). The van der Waals surface area contributed by atoms with E-state index in [4.69, 9.17) is 9.84 Å². The number of carbonyl (C=O) groups excluding carboxylic acids is 1. The molecule has 0 spiro atoms. The fraction of sp³-hybridized carbons (Fsp3) is 0.600. The average Bonchev–Trinajstić information content (AvgIpc) is 3.15. The van der Waals surface area contributed by atoms with Gasteiger partial charge in [-0.25, -0.2) is 0 Å². The van der Waals surface area contributed by atoms with Gasteiger partial charge in [0.05, 0.1) is 18.6 Å². The van der Waals surface area contributed by atoms with Crippen LogP contribution in [0.25, 0.3) is 0 Å². The van der Waals surface area contributed by atoms with Crippen LogP contribution in [0.5, 0.6) is 0 Å². The third-order valence-corrected chi connectivity index (χ3v) is 5.46. The number of rotatable bonds is 6. The number of hydrogen-bond acceptors (Lipinski definition) is 3. The van der Waals surface area contributed by atoms with E-state index in [1.807, 2.05) is 24.3 Å². The first-order chi connectivity index (χ1) is 12.1. The van der Waals surface area contributed by atoms with Crippen LogP contribution in [-0.2, 0) is 20.9 Å². The number of ether oxygens (including phenoxy) is 1. The van der Waals surface area contributed by atoms with Crippen LogP contribution in [0.1, 0.15) is 56.9 Å². The van der Waals surface area contributed by atoms with E-state index in [1.165, 1.54) is 12.8 Å². The minimum atomic E-state index is -0.741. The summed E-state index contributed by atoms with van der Waals surface area (Å²) in [6, 6.07) is 7.81. The summed E-state index contributed by atoms with van der Waals surface area (Å²) >= 11 is 0. The summed E-state index contributed by atoms with van der Waals surface area (Å²) in [6.45, 7) is 0.623. The Morgan fingerprint density at radius 3 is 2.16 bits per heavy atom. The number of carboxylic acid groups (broad SMARTS) is 1. The third kappa shape index (κ3) is 5.05. The van der Waals surface area contributed by atoms with Crippen molar-refractivity contribution in [3.63, 3.8) is 0 Å². The highest BCUT2D eigenvalue weighted by Crippen LogP contribution is 2.30. The van der Waals surface area contributed by atoms with Crippen molar-refractivity contribution in [3.8, 4) is 0 Å². The summed E-state index contributed by atoms with van der Waals surface area (Å²) < 4.78 is 5.90. The molecule has 2 aliphatic rings. The van der Waals surface area contributed by atoms with Crippen LogP contribution in [0, 0.1) is 11.8 Å². The van der Waals surface area contributed by atoms with Gasteiger partial charge in [-0.15, -0.1) is 0 Å². The second kappa shape index (κ2) is 8.48. The van der Waals surface area contributed by atoms with Gasteiger partial charge >= 0.3 is 5.97 Å². The first-order valence-electron chi connectivity index (χ1n) is 9.36. The molecule has 0 bridgehead atoms. The lowest BCUT2D eigenvalue weighted by molar-refractivity contribution is -0.143. The first-order valence-corrected chi connectivity index (χ1v) is 9.36. The summed E-state index contributed by atoms with van der Waals surface area (Å²) in [5.41, 5.74) is 1.90. The lowest BCUT2D eigenvalue weighted by Crippen LogP contribution is -2.29. The molecular formula is C20H27NO4. The molecule has 0 atom stereocenters. The fourth-order valence-electron chi connectivity index (χ4n) is 3.80. The van der Waals surface area contributed by atoms with E-state index in [-0.39, 0.29) is 17.7 Å². The minimum Gasteiger partial charge on any atom is -0.481 e. The van der Waals surface area contributed by atoms with Gasteiger partial charge in [0.15, 0.2) is 0 Å². The van der Waals surface area contributed by atoms with Crippen molar-refractivity contribution in [2.24, 2.45) is 11.8 Å². The normalized spacial score (nSPS) is 24.2. The Morgan fingerprint density at radius 2 is 1.56 bits per heavy atom. The van der Waals surface area contributed by atoms with Crippen LogP contribution in [0.15, 0.2) is 24.3 Å². The number of benzene rings is 1. The molecule has 0 aliphatic heterocycles. The Morgan fingerprint density at radius 1 is 0.960 bits per heavy atom. The molecule has 3 rings (SSSR count). The summed E-state index contributed by atoms with van der Waals surface area (Å²) in [4.78, 5) is 23.3. The van der Waals surface area contributed by atoms with Crippen molar-refractivity contribution in [3.05, 3.63) is 29.8 Å². The first kappa shape index (κ1) is 17.9. The van der Waals surface area contributed by atoms with E-state index in [2.05, 4.69) is 5.32 Å². The maximum atomic E-state index is 12.3. The second-order valence-corrected chi connectivity index (χ2v) is 7.29. The van der Waals surface area contributed by atoms with Gasteiger partial charge in [-0.3, -0.25) is 9.59 Å². The zero-order valence-corrected chi connectivity index (χ0v) is 14.6. The number of carboxylic acids is 1. The van der Waals surface area contributed by atoms with Crippen molar-refractivity contribution in [2.75, 3.05) is 5.32 Å². The van der Waals surface area contributed by atoms with Gasteiger partial charge in [0, 0.05) is 11.6 Å². The highest BCUT2D eigenvalue weighted by atomic mass is 16.5. The van der Waals surface area contributed by atoms with Crippen molar-refractivity contribution >= 4 is 17.6 Å². The topological polar surface area (TPSA) is 75.6 Å². The molecule has 5 nitrogen and oxygen atoms in total. The van der Waals surface area contributed by atoms with Crippen molar-refractivity contribution in [1.29, 1.82) is 0 Å². The molecule has 2 fully saturated rings. The van der Waals surface area contributed by atoms with E-state index in [1.54, 1.807) is 0 Å². The largest absolute Gasteiger partial charge is 0.481 e. The maximum absolute atomic E-state index is 12.3. The molecule has 1 aromatic carbocycles. The molecule has 0 saturated heterocycles. The Kier molecular flexibility index (Phi) is 6.08. The highest BCUT2D eigenvalue weighted by Gasteiger charge is 2.29. The van der Waals surface area contributed by atoms with Gasteiger partial charge in [0.25, 0.3) is 0 Å². The summed E-state index contributed by atoms with van der Waals surface area (Å²) in [5.74, 6) is -1.11. The molecule has 1 amide bonds. The van der Waals surface area contributed by atoms with Crippen molar-refractivity contribution < 1.29 is 19.4 Å². The molecule has 2 N–H and O–H groups in total. The van der Waals surface area contributed by atoms with E-state index < -0.39 is 5.97 Å². The molecule has 0 unspecified atom stereocenters. The van der Waals surface area contributed by atoms with Crippen molar-refractivity contribution in [2.45, 2.75) is 64.1 Å². The SMILES string of the molecule is O=C(O)C1CCC(C(=O)Nc2ccc(COC3CCCC3)cc2)CC1. The molecule has 0 aromatic heterocycles. The molecule has 0 radical (unpaired) electrons. The monoisotopic (exact) mass is 345 g/mol.